The lowest BCUT2D eigenvalue weighted by Crippen LogP contribution is -2.40. The SMILES string of the molecule is O=C(c1cccc2cccnc12)N1CCCC(n2ccnc2)C1. The molecule has 2 aromatic heterocycles. The number of pyridine rings is 1. The number of para-hydroxylation sites is 1. The molecule has 1 aromatic carbocycles. The Hall–Kier alpha value is -2.69. The highest BCUT2D eigenvalue weighted by molar-refractivity contribution is 6.05. The summed E-state index contributed by atoms with van der Waals surface area (Å²) in [6, 6.07) is 9.98. The van der Waals surface area contributed by atoms with Crippen molar-refractivity contribution < 1.29 is 4.79 Å². The van der Waals surface area contributed by atoms with E-state index in [0.717, 1.165) is 36.8 Å². The largest absolute Gasteiger partial charge is 0.337 e. The van der Waals surface area contributed by atoms with Crippen molar-refractivity contribution >= 4 is 16.8 Å². The molecule has 0 aliphatic carbocycles. The molecule has 1 unspecified atom stereocenters. The number of hydrogen-bond acceptors (Lipinski definition) is 3. The standard InChI is InChI=1S/C18H18N4O/c23-18(16-7-1-4-14-5-2-8-20-17(14)16)21-10-3-6-15(12-21)22-11-9-19-13-22/h1-2,4-5,7-9,11,13,15H,3,6,10,12H2. The van der Waals surface area contributed by atoms with Crippen LogP contribution in [0.25, 0.3) is 10.9 Å². The summed E-state index contributed by atoms with van der Waals surface area (Å²) in [5.74, 6) is 0.0686. The average Bonchev–Trinajstić information content (AvgIpc) is 3.15. The summed E-state index contributed by atoms with van der Waals surface area (Å²) in [5.41, 5.74) is 1.47. The number of hydrogen-bond donors (Lipinski definition) is 0. The van der Waals surface area contributed by atoms with Crippen molar-refractivity contribution in [2.24, 2.45) is 0 Å². The van der Waals surface area contributed by atoms with Gasteiger partial charge in [-0.25, -0.2) is 4.98 Å². The number of amides is 1. The third kappa shape index (κ3) is 2.59. The first kappa shape index (κ1) is 13.9. The van der Waals surface area contributed by atoms with Crippen molar-refractivity contribution in [1.82, 2.24) is 19.4 Å². The summed E-state index contributed by atoms with van der Waals surface area (Å²) in [6.45, 7) is 1.52. The molecular formula is C18H18N4O. The number of fused-ring (bicyclic) bond motifs is 1. The van der Waals surface area contributed by atoms with E-state index in [9.17, 15) is 4.79 Å². The van der Waals surface area contributed by atoms with E-state index in [4.69, 9.17) is 0 Å². The topological polar surface area (TPSA) is 51.0 Å². The van der Waals surface area contributed by atoms with Crippen molar-refractivity contribution in [2.75, 3.05) is 13.1 Å². The van der Waals surface area contributed by atoms with E-state index in [2.05, 4.69) is 14.5 Å². The summed E-state index contributed by atoms with van der Waals surface area (Å²) in [7, 11) is 0. The third-order valence-electron chi connectivity index (χ3n) is 4.49. The van der Waals surface area contributed by atoms with Crippen LogP contribution in [-0.2, 0) is 0 Å². The molecule has 3 heterocycles. The molecule has 0 bridgehead atoms. The quantitative estimate of drug-likeness (QED) is 0.731. The molecule has 1 fully saturated rings. The minimum Gasteiger partial charge on any atom is -0.337 e. The van der Waals surface area contributed by atoms with Gasteiger partial charge >= 0.3 is 0 Å². The van der Waals surface area contributed by atoms with Crippen molar-refractivity contribution in [1.29, 1.82) is 0 Å². The Kier molecular flexibility index (Phi) is 3.54. The number of aromatic nitrogens is 3. The molecule has 3 aromatic rings. The van der Waals surface area contributed by atoms with Gasteiger partial charge in [-0.2, -0.15) is 0 Å². The lowest BCUT2D eigenvalue weighted by atomic mass is 10.0. The van der Waals surface area contributed by atoms with E-state index < -0.39 is 0 Å². The van der Waals surface area contributed by atoms with Crippen LogP contribution in [0.2, 0.25) is 0 Å². The maximum absolute atomic E-state index is 13.0. The number of nitrogens with zero attached hydrogens (tertiary/aromatic N) is 4. The summed E-state index contributed by atoms with van der Waals surface area (Å²) >= 11 is 0. The first-order valence-corrected chi connectivity index (χ1v) is 7.93. The van der Waals surface area contributed by atoms with Crippen molar-refractivity contribution in [3.8, 4) is 0 Å². The van der Waals surface area contributed by atoms with Gasteiger partial charge in [0.25, 0.3) is 5.91 Å². The van der Waals surface area contributed by atoms with Crippen LogP contribution in [0.15, 0.2) is 55.2 Å². The van der Waals surface area contributed by atoms with Crippen LogP contribution < -0.4 is 0 Å². The van der Waals surface area contributed by atoms with Crippen LogP contribution in [0.3, 0.4) is 0 Å². The van der Waals surface area contributed by atoms with Crippen molar-refractivity contribution in [3.05, 3.63) is 60.8 Å². The fourth-order valence-corrected chi connectivity index (χ4v) is 3.32. The molecule has 23 heavy (non-hydrogen) atoms. The molecule has 5 nitrogen and oxygen atoms in total. The minimum atomic E-state index is 0.0686. The normalized spacial score (nSPS) is 18.3. The Morgan fingerprint density at radius 3 is 2.96 bits per heavy atom. The summed E-state index contributed by atoms with van der Waals surface area (Å²) < 4.78 is 2.10. The van der Waals surface area contributed by atoms with Crippen LogP contribution in [0, 0.1) is 0 Å². The lowest BCUT2D eigenvalue weighted by Gasteiger charge is -2.33. The molecule has 0 N–H and O–H groups in total. The Balaban J connectivity index is 1.63. The Morgan fingerprint density at radius 2 is 2.09 bits per heavy atom. The van der Waals surface area contributed by atoms with Gasteiger partial charge in [-0.05, 0) is 25.0 Å². The van der Waals surface area contributed by atoms with Crippen LogP contribution in [-0.4, -0.2) is 38.4 Å². The number of carbonyl (C=O) groups is 1. The summed E-state index contributed by atoms with van der Waals surface area (Å²) in [5, 5.41) is 1.00. The molecular weight excluding hydrogens is 288 g/mol. The molecule has 1 atom stereocenters. The highest BCUT2D eigenvalue weighted by atomic mass is 16.2. The van der Waals surface area contributed by atoms with E-state index in [0.29, 0.717) is 11.6 Å². The van der Waals surface area contributed by atoms with Gasteiger partial charge in [-0.3, -0.25) is 9.78 Å². The van der Waals surface area contributed by atoms with E-state index in [-0.39, 0.29) is 5.91 Å². The monoisotopic (exact) mass is 306 g/mol. The highest BCUT2D eigenvalue weighted by Crippen LogP contribution is 2.24. The minimum absolute atomic E-state index is 0.0686. The zero-order valence-electron chi connectivity index (χ0n) is 12.8. The average molecular weight is 306 g/mol. The number of piperidine rings is 1. The first-order chi connectivity index (χ1) is 11.3. The zero-order chi connectivity index (χ0) is 15.6. The third-order valence-corrected chi connectivity index (χ3v) is 4.49. The molecule has 1 aliphatic heterocycles. The molecule has 1 aliphatic rings. The van der Waals surface area contributed by atoms with Gasteiger partial charge in [0.2, 0.25) is 0 Å². The van der Waals surface area contributed by atoms with Gasteiger partial charge in [0, 0.05) is 37.1 Å². The number of benzene rings is 1. The second-order valence-corrected chi connectivity index (χ2v) is 5.94. The predicted molar refractivity (Wildman–Crippen MR) is 88.1 cm³/mol. The first-order valence-electron chi connectivity index (χ1n) is 7.93. The molecule has 4 rings (SSSR count). The van der Waals surface area contributed by atoms with Gasteiger partial charge < -0.3 is 9.47 Å². The second kappa shape index (κ2) is 5.83. The fourth-order valence-electron chi connectivity index (χ4n) is 3.32. The van der Waals surface area contributed by atoms with Gasteiger partial charge in [-0.1, -0.05) is 18.2 Å². The zero-order valence-corrected chi connectivity index (χ0v) is 12.8. The summed E-state index contributed by atoms with van der Waals surface area (Å²) in [6.07, 6.45) is 9.41. The van der Waals surface area contributed by atoms with Crippen LogP contribution in [0.4, 0.5) is 0 Å². The van der Waals surface area contributed by atoms with Gasteiger partial charge in [0.15, 0.2) is 0 Å². The maximum Gasteiger partial charge on any atom is 0.256 e. The second-order valence-electron chi connectivity index (χ2n) is 5.94. The lowest BCUT2D eigenvalue weighted by molar-refractivity contribution is 0.0681. The van der Waals surface area contributed by atoms with Crippen molar-refractivity contribution in [2.45, 2.75) is 18.9 Å². The number of likely N-dealkylation sites (tertiary alicyclic amines) is 1. The highest BCUT2D eigenvalue weighted by Gasteiger charge is 2.26. The van der Waals surface area contributed by atoms with Gasteiger partial charge in [-0.15, -0.1) is 0 Å². The number of rotatable bonds is 2. The van der Waals surface area contributed by atoms with Gasteiger partial charge in [0.1, 0.15) is 0 Å². The number of carbonyl (C=O) groups excluding carboxylic acids is 1. The van der Waals surface area contributed by atoms with E-state index >= 15 is 0 Å². The molecule has 116 valence electrons. The van der Waals surface area contributed by atoms with Crippen LogP contribution in [0.1, 0.15) is 29.2 Å². The Labute approximate surface area is 134 Å². The van der Waals surface area contributed by atoms with Gasteiger partial charge in [0.05, 0.1) is 23.4 Å². The molecule has 1 amide bonds. The summed E-state index contributed by atoms with van der Waals surface area (Å²) in [4.78, 5) is 23.5. The number of imidazole rings is 1. The molecule has 0 saturated carbocycles. The van der Waals surface area contributed by atoms with E-state index in [1.807, 2.05) is 47.8 Å². The molecule has 0 spiro atoms. The molecule has 1 saturated heterocycles. The van der Waals surface area contributed by atoms with Crippen LogP contribution in [0.5, 0.6) is 0 Å². The van der Waals surface area contributed by atoms with E-state index in [1.165, 1.54) is 0 Å². The Bertz CT molecular complexity index is 823. The van der Waals surface area contributed by atoms with Crippen molar-refractivity contribution in [3.63, 3.8) is 0 Å². The molecule has 5 heteroatoms. The van der Waals surface area contributed by atoms with E-state index in [1.54, 1.807) is 12.4 Å². The van der Waals surface area contributed by atoms with Crippen LogP contribution >= 0.6 is 0 Å². The molecule has 0 radical (unpaired) electrons. The fraction of sp³-hybridized carbons (Fsp3) is 0.278. The Morgan fingerprint density at radius 1 is 1.17 bits per heavy atom. The smallest absolute Gasteiger partial charge is 0.256 e. The predicted octanol–water partition coefficient (Wildman–Crippen LogP) is 2.91. The maximum atomic E-state index is 13.0.